The average Bonchev–Trinajstić information content (AvgIpc) is 3.43. The third-order valence-electron chi connectivity index (χ3n) is 4.59. The number of nitrogen functional groups attached to an aromatic ring is 1. The molecule has 2 aromatic carbocycles. The number of halogens is 2. The number of carbonyl (C=O) groups is 1. The van der Waals surface area contributed by atoms with Crippen LogP contribution in [0.15, 0.2) is 59.3 Å². The molecule has 1 fully saturated rings. The third-order valence-corrected chi connectivity index (χ3v) is 4.98. The van der Waals surface area contributed by atoms with E-state index in [1.807, 2.05) is 30.3 Å². The van der Waals surface area contributed by atoms with Crippen LogP contribution in [0.5, 0.6) is 0 Å². The van der Waals surface area contributed by atoms with Crippen molar-refractivity contribution in [2.24, 2.45) is 0 Å². The number of nitrogens with zero attached hydrogens (tertiary/aromatic N) is 2. The van der Waals surface area contributed by atoms with E-state index in [9.17, 15) is 9.18 Å². The summed E-state index contributed by atoms with van der Waals surface area (Å²) < 4.78 is 15.0. The maximum atomic E-state index is 14.5. The summed E-state index contributed by atoms with van der Waals surface area (Å²) in [5.41, 5.74) is 7.82. The number of benzene rings is 2. The first-order chi connectivity index (χ1) is 13.0. The molecule has 2 atom stereocenters. The minimum Gasteiger partial charge on any atom is -0.382 e. The molecule has 0 radical (unpaired) electrons. The maximum absolute atomic E-state index is 14.5. The van der Waals surface area contributed by atoms with Gasteiger partial charge in [0, 0.05) is 17.5 Å². The van der Waals surface area contributed by atoms with E-state index in [1.165, 1.54) is 23.9 Å². The van der Waals surface area contributed by atoms with Crippen molar-refractivity contribution in [3.8, 4) is 11.3 Å². The van der Waals surface area contributed by atoms with Gasteiger partial charge in [-0.2, -0.15) is 0 Å². The number of hydrogen-bond acceptors (Lipinski definition) is 4. The highest BCUT2D eigenvalue weighted by atomic mass is 79.9. The predicted molar refractivity (Wildman–Crippen MR) is 105 cm³/mol. The van der Waals surface area contributed by atoms with Crippen LogP contribution in [-0.2, 0) is 0 Å². The standard InChI is InChI=1S/C20H16BrFN4O/c21-17-10-24-19(23)18(26-17)12-6-7-13(15(22)8-12)20(27)25-16-9-14(16)11-4-2-1-3-5-11/h1-8,10,14,16H,9H2,(H2,23,24)(H,25,27). The Morgan fingerprint density at radius 1 is 1.22 bits per heavy atom. The van der Waals surface area contributed by atoms with Gasteiger partial charge in [0.05, 0.1) is 11.8 Å². The SMILES string of the molecule is Nc1ncc(Br)nc1-c1ccc(C(=O)NC2CC2c2ccccc2)c(F)c1. The van der Waals surface area contributed by atoms with Gasteiger partial charge >= 0.3 is 0 Å². The minimum atomic E-state index is -0.622. The number of carbonyl (C=O) groups excluding carboxylic acids is 1. The van der Waals surface area contributed by atoms with Crippen LogP contribution in [0.4, 0.5) is 10.2 Å². The molecule has 1 aromatic heterocycles. The van der Waals surface area contributed by atoms with Gasteiger partial charge < -0.3 is 11.1 Å². The molecule has 136 valence electrons. The van der Waals surface area contributed by atoms with Crippen LogP contribution in [-0.4, -0.2) is 21.9 Å². The molecule has 1 aliphatic carbocycles. The molecule has 0 aliphatic heterocycles. The van der Waals surface area contributed by atoms with Crippen molar-refractivity contribution in [1.82, 2.24) is 15.3 Å². The molecule has 1 aliphatic rings. The molecule has 2 unspecified atom stereocenters. The van der Waals surface area contributed by atoms with Crippen molar-refractivity contribution < 1.29 is 9.18 Å². The largest absolute Gasteiger partial charge is 0.382 e. The Balaban J connectivity index is 1.50. The number of nitrogens with one attached hydrogen (secondary N) is 1. The highest BCUT2D eigenvalue weighted by Crippen LogP contribution is 2.40. The molecular weight excluding hydrogens is 411 g/mol. The molecule has 3 N–H and O–H groups in total. The summed E-state index contributed by atoms with van der Waals surface area (Å²) >= 11 is 3.22. The topological polar surface area (TPSA) is 80.9 Å². The number of rotatable bonds is 4. The number of hydrogen-bond donors (Lipinski definition) is 2. The lowest BCUT2D eigenvalue weighted by Crippen LogP contribution is -2.27. The quantitative estimate of drug-likeness (QED) is 0.662. The van der Waals surface area contributed by atoms with Crippen molar-refractivity contribution in [3.05, 3.63) is 76.3 Å². The van der Waals surface area contributed by atoms with Crippen molar-refractivity contribution in [2.45, 2.75) is 18.4 Å². The monoisotopic (exact) mass is 426 g/mol. The first kappa shape index (κ1) is 17.6. The van der Waals surface area contributed by atoms with Gasteiger partial charge in [-0.1, -0.05) is 36.4 Å². The molecule has 27 heavy (non-hydrogen) atoms. The second-order valence-electron chi connectivity index (χ2n) is 6.45. The normalized spacial score (nSPS) is 18.1. The maximum Gasteiger partial charge on any atom is 0.254 e. The highest BCUT2D eigenvalue weighted by Gasteiger charge is 2.39. The van der Waals surface area contributed by atoms with Gasteiger partial charge in [-0.05, 0) is 40.0 Å². The molecule has 3 aromatic rings. The van der Waals surface area contributed by atoms with E-state index in [1.54, 1.807) is 6.07 Å². The molecular formula is C20H16BrFN4O. The van der Waals surface area contributed by atoms with Gasteiger partial charge in [-0.15, -0.1) is 0 Å². The van der Waals surface area contributed by atoms with Gasteiger partial charge in [0.2, 0.25) is 0 Å². The average molecular weight is 427 g/mol. The highest BCUT2D eigenvalue weighted by molar-refractivity contribution is 9.10. The fraction of sp³-hybridized carbons (Fsp3) is 0.150. The lowest BCUT2D eigenvalue weighted by Gasteiger charge is -2.09. The Bertz CT molecular complexity index is 1010. The molecule has 0 spiro atoms. The zero-order valence-corrected chi connectivity index (χ0v) is 15.8. The summed E-state index contributed by atoms with van der Waals surface area (Å²) in [6, 6.07) is 14.3. The van der Waals surface area contributed by atoms with E-state index in [2.05, 4.69) is 31.2 Å². The van der Waals surface area contributed by atoms with Crippen LogP contribution in [0.1, 0.15) is 28.3 Å². The van der Waals surface area contributed by atoms with Gasteiger partial charge in [0.15, 0.2) is 0 Å². The lowest BCUT2D eigenvalue weighted by atomic mass is 10.1. The summed E-state index contributed by atoms with van der Waals surface area (Å²) in [6.07, 6.45) is 2.33. The van der Waals surface area contributed by atoms with Crippen LogP contribution < -0.4 is 11.1 Å². The van der Waals surface area contributed by atoms with E-state index >= 15 is 0 Å². The number of nitrogens with two attached hydrogens (primary N) is 1. The van der Waals surface area contributed by atoms with Crippen LogP contribution in [0, 0.1) is 5.82 Å². The molecule has 7 heteroatoms. The molecule has 4 rings (SSSR count). The predicted octanol–water partition coefficient (Wildman–Crippen LogP) is 3.91. The minimum absolute atomic E-state index is 0.000936. The van der Waals surface area contributed by atoms with E-state index in [-0.39, 0.29) is 23.3 Å². The fourth-order valence-electron chi connectivity index (χ4n) is 3.11. The molecule has 1 amide bonds. The lowest BCUT2D eigenvalue weighted by molar-refractivity contribution is 0.0946. The molecule has 5 nitrogen and oxygen atoms in total. The van der Waals surface area contributed by atoms with E-state index in [4.69, 9.17) is 5.73 Å². The van der Waals surface area contributed by atoms with E-state index in [0.29, 0.717) is 15.9 Å². The van der Waals surface area contributed by atoms with Crippen molar-refractivity contribution in [1.29, 1.82) is 0 Å². The Labute approximate surface area is 164 Å². The fourth-order valence-corrected chi connectivity index (χ4v) is 3.38. The summed E-state index contributed by atoms with van der Waals surface area (Å²) in [5, 5.41) is 2.90. The summed E-state index contributed by atoms with van der Waals surface area (Å²) in [4.78, 5) is 20.7. The zero-order valence-electron chi connectivity index (χ0n) is 14.2. The number of anilines is 1. The Kier molecular flexibility index (Phi) is 4.61. The van der Waals surface area contributed by atoms with Gasteiger partial charge in [0.25, 0.3) is 5.91 Å². The summed E-state index contributed by atoms with van der Waals surface area (Å²) in [6.45, 7) is 0. The number of amides is 1. The second-order valence-corrected chi connectivity index (χ2v) is 7.27. The first-order valence-electron chi connectivity index (χ1n) is 8.46. The Hall–Kier alpha value is -2.80. The van der Waals surface area contributed by atoms with E-state index < -0.39 is 11.7 Å². The van der Waals surface area contributed by atoms with Crippen molar-refractivity contribution in [3.63, 3.8) is 0 Å². The molecule has 0 saturated heterocycles. The van der Waals surface area contributed by atoms with Crippen LogP contribution in [0.2, 0.25) is 0 Å². The number of aromatic nitrogens is 2. The van der Waals surface area contributed by atoms with Gasteiger partial charge in [0.1, 0.15) is 21.9 Å². The Morgan fingerprint density at radius 3 is 2.74 bits per heavy atom. The molecule has 1 saturated carbocycles. The molecule has 0 bridgehead atoms. The smallest absolute Gasteiger partial charge is 0.254 e. The third kappa shape index (κ3) is 3.68. The molecule has 1 heterocycles. The van der Waals surface area contributed by atoms with Gasteiger partial charge in [-0.3, -0.25) is 4.79 Å². The van der Waals surface area contributed by atoms with Crippen molar-refractivity contribution >= 4 is 27.7 Å². The second kappa shape index (κ2) is 7.08. The summed E-state index contributed by atoms with van der Waals surface area (Å²) in [7, 11) is 0. The Morgan fingerprint density at radius 2 is 2.00 bits per heavy atom. The van der Waals surface area contributed by atoms with Crippen molar-refractivity contribution in [2.75, 3.05) is 5.73 Å². The van der Waals surface area contributed by atoms with Crippen LogP contribution in [0.25, 0.3) is 11.3 Å². The zero-order chi connectivity index (χ0) is 19.0. The van der Waals surface area contributed by atoms with Crippen LogP contribution in [0.3, 0.4) is 0 Å². The van der Waals surface area contributed by atoms with E-state index in [0.717, 1.165) is 6.42 Å². The van der Waals surface area contributed by atoms with Crippen LogP contribution >= 0.6 is 15.9 Å². The summed E-state index contributed by atoms with van der Waals surface area (Å²) in [5.74, 6) is -0.563. The first-order valence-corrected chi connectivity index (χ1v) is 9.26. The van der Waals surface area contributed by atoms with Gasteiger partial charge in [-0.25, -0.2) is 14.4 Å².